The van der Waals surface area contributed by atoms with E-state index in [0.717, 1.165) is 17.9 Å². The summed E-state index contributed by atoms with van der Waals surface area (Å²) in [5.41, 5.74) is 8.23. The lowest BCUT2D eigenvalue weighted by Gasteiger charge is -2.43. The van der Waals surface area contributed by atoms with Crippen LogP contribution in [-0.4, -0.2) is 55.2 Å². The minimum Gasteiger partial charge on any atom is -0.404 e. The third kappa shape index (κ3) is 3.35. The highest BCUT2D eigenvalue weighted by Crippen LogP contribution is 2.25. The van der Waals surface area contributed by atoms with Gasteiger partial charge in [-0.3, -0.25) is 9.81 Å². The van der Waals surface area contributed by atoms with E-state index in [1.54, 1.807) is 29.2 Å². The molecule has 30 heavy (non-hydrogen) atoms. The Labute approximate surface area is 173 Å². The van der Waals surface area contributed by atoms with Gasteiger partial charge in [0.15, 0.2) is 23.4 Å². The highest BCUT2D eigenvalue weighted by Gasteiger charge is 2.34. The van der Waals surface area contributed by atoms with Crippen LogP contribution in [0.4, 0.5) is 5.82 Å². The second-order valence-corrected chi connectivity index (χ2v) is 7.27. The average molecular weight is 403 g/mol. The van der Waals surface area contributed by atoms with E-state index in [2.05, 4.69) is 39.0 Å². The maximum Gasteiger partial charge on any atom is 0.180 e. The van der Waals surface area contributed by atoms with Gasteiger partial charge in [0, 0.05) is 42.8 Å². The predicted molar refractivity (Wildman–Crippen MR) is 112 cm³/mol. The monoisotopic (exact) mass is 403 g/mol. The number of nitrogens with one attached hydrogen (secondary N) is 1. The minimum absolute atomic E-state index is 0.0257. The number of aromatic nitrogens is 5. The standard InChI is InChI=1S/C20H22N10/c1-12-10-29(13(2)19(27-12)14(5-21)6-22)17-3-4-24-20(28-17)16-8-26-18-9-25-15(7-23)11-30(16)18/h3-6,8-9,11-13,19,21,27H,10,22H2,1-2H3/p+1/b14-6+,21-5?. The number of nitrogens with zero attached hydrogens (tertiary/aromatic N) is 7. The Kier molecular flexibility index (Phi) is 5.12. The van der Waals surface area contributed by atoms with Crippen LogP contribution in [0.2, 0.25) is 0 Å². The predicted octanol–water partition coefficient (Wildman–Crippen LogP) is -0.714. The van der Waals surface area contributed by atoms with Gasteiger partial charge in [0.2, 0.25) is 0 Å². The Morgan fingerprint density at radius 3 is 2.90 bits per heavy atom. The molecule has 5 N–H and O–H groups in total. The lowest BCUT2D eigenvalue weighted by Crippen LogP contribution is -2.62. The molecule has 3 aromatic heterocycles. The van der Waals surface area contributed by atoms with E-state index in [-0.39, 0.29) is 18.1 Å². The van der Waals surface area contributed by atoms with Crippen LogP contribution >= 0.6 is 0 Å². The van der Waals surface area contributed by atoms with E-state index in [1.165, 1.54) is 12.4 Å². The van der Waals surface area contributed by atoms with Crippen molar-refractivity contribution < 1.29 is 5.41 Å². The van der Waals surface area contributed by atoms with Crippen molar-refractivity contribution in [2.45, 2.75) is 32.0 Å². The van der Waals surface area contributed by atoms with Gasteiger partial charge in [-0.05, 0) is 19.9 Å². The lowest BCUT2D eigenvalue weighted by molar-refractivity contribution is -0.105. The molecule has 0 spiro atoms. The van der Waals surface area contributed by atoms with Crippen LogP contribution in [0.1, 0.15) is 19.5 Å². The summed E-state index contributed by atoms with van der Waals surface area (Å²) in [6, 6.07) is 4.18. The molecular formula is C20H23N10+. The molecule has 1 saturated heterocycles. The molecule has 0 amide bonds. The zero-order chi connectivity index (χ0) is 21.3. The fourth-order valence-corrected chi connectivity index (χ4v) is 3.82. The summed E-state index contributed by atoms with van der Waals surface area (Å²) in [6.07, 6.45) is 9.68. The zero-order valence-corrected chi connectivity index (χ0v) is 16.8. The normalized spacial score (nSPS) is 22.1. The first-order chi connectivity index (χ1) is 14.5. The Hall–Kier alpha value is -3.84. The molecule has 0 aromatic carbocycles. The molecule has 0 bridgehead atoms. The summed E-state index contributed by atoms with van der Waals surface area (Å²) in [7, 11) is 0. The van der Waals surface area contributed by atoms with Crippen molar-refractivity contribution in [2.24, 2.45) is 5.73 Å². The van der Waals surface area contributed by atoms with Gasteiger partial charge in [-0.2, -0.15) is 5.26 Å². The molecule has 4 rings (SSSR count). The third-order valence-corrected chi connectivity index (χ3v) is 5.33. The van der Waals surface area contributed by atoms with Crippen molar-refractivity contribution >= 4 is 17.7 Å². The van der Waals surface area contributed by atoms with E-state index in [9.17, 15) is 0 Å². The fourth-order valence-electron chi connectivity index (χ4n) is 3.82. The second kappa shape index (κ2) is 7.88. The van der Waals surface area contributed by atoms with Gasteiger partial charge in [0.1, 0.15) is 17.6 Å². The maximum absolute atomic E-state index is 9.16. The smallest absolute Gasteiger partial charge is 0.180 e. The Morgan fingerprint density at radius 2 is 2.17 bits per heavy atom. The maximum atomic E-state index is 9.16. The van der Waals surface area contributed by atoms with E-state index < -0.39 is 0 Å². The zero-order valence-electron chi connectivity index (χ0n) is 16.8. The average Bonchev–Trinajstić information content (AvgIpc) is 3.20. The molecule has 1 aliphatic heterocycles. The summed E-state index contributed by atoms with van der Waals surface area (Å²) in [6.45, 7) is 4.99. The summed E-state index contributed by atoms with van der Waals surface area (Å²) in [5.74, 6) is 1.31. The first-order valence-corrected chi connectivity index (χ1v) is 9.61. The Bertz CT molecular complexity index is 1160. The Morgan fingerprint density at radius 1 is 1.33 bits per heavy atom. The minimum atomic E-state index is -0.0257. The number of anilines is 1. The lowest BCUT2D eigenvalue weighted by atomic mass is 9.96. The molecule has 0 radical (unpaired) electrons. The number of imidazole rings is 1. The van der Waals surface area contributed by atoms with Crippen molar-refractivity contribution in [3.63, 3.8) is 0 Å². The van der Waals surface area contributed by atoms with E-state index in [4.69, 9.17) is 21.4 Å². The molecule has 10 heteroatoms. The number of hydrogen-bond acceptors (Lipinski definition) is 8. The van der Waals surface area contributed by atoms with Crippen molar-refractivity contribution in [3.8, 4) is 17.6 Å². The van der Waals surface area contributed by atoms with Crippen LogP contribution in [0, 0.1) is 11.3 Å². The second-order valence-electron chi connectivity index (χ2n) is 7.27. The third-order valence-electron chi connectivity index (χ3n) is 5.33. The summed E-state index contributed by atoms with van der Waals surface area (Å²) in [5, 5.41) is 18.5. The molecule has 3 unspecified atom stereocenters. The van der Waals surface area contributed by atoms with Crippen molar-refractivity contribution in [1.82, 2.24) is 29.7 Å². The van der Waals surface area contributed by atoms with Gasteiger partial charge in [0.25, 0.3) is 0 Å². The van der Waals surface area contributed by atoms with Crippen LogP contribution in [0.5, 0.6) is 0 Å². The van der Waals surface area contributed by atoms with E-state index in [1.807, 2.05) is 12.1 Å². The first-order valence-electron chi connectivity index (χ1n) is 9.61. The van der Waals surface area contributed by atoms with Crippen LogP contribution < -0.4 is 21.4 Å². The highest BCUT2D eigenvalue weighted by atomic mass is 15.3. The SMILES string of the molecule is CC1CN(c2ccnc(-c3cnc4cnc(C#N)cn34)n2)C(C)C(/C(C=[NH2+])=C/N)N1. The molecule has 1 aliphatic rings. The number of nitriles is 1. The van der Waals surface area contributed by atoms with Crippen molar-refractivity contribution in [1.29, 1.82) is 5.26 Å². The first kappa shape index (κ1) is 19.5. The van der Waals surface area contributed by atoms with Crippen LogP contribution in [0.25, 0.3) is 17.2 Å². The molecule has 3 atom stereocenters. The summed E-state index contributed by atoms with van der Waals surface area (Å²) < 4.78 is 1.77. The molecule has 4 heterocycles. The number of hydrogen-bond donors (Lipinski definition) is 3. The molecule has 10 nitrogen and oxygen atoms in total. The van der Waals surface area contributed by atoms with Gasteiger partial charge in [0.05, 0.1) is 18.4 Å². The quantitative estimate of drug-likeness (QED) is 0.484. The molecule has 1 fully saturated rings. The van der Waals surface area contributed by atoms with Gasteiger partial charge in [-0.15, -0.1) is 0 Å². The summed E-state index contributed by atoms with van der Waals surface area (Å²) in [4.78, 5) is 19.9. The van der Waals surface area contributed by atoms with Gasteiger partial charge in [-0.25, -0.2) is 19.9 Å². The van der Waals surface area contributed by atoms with E-state index in [0.29, 0.717) is 22.9 Å². The number of rotatable bonds is 4. The topological polar surface area (TPSA) is 147 Å². The van der Waals surface area contributed by atoms with Gasteiger partial charge >= 0.3 is 0 Å². The number of piperazine rings is 1. The van der Waals surface area contributed by atoms with Gasteiger partial charge in [-0.1, -0.05) is 0 Å². The van der Waals surface area contributed by atoms with Gasteiger partial charge < -0.3 is 16.0 Å². The Balaban J connectivity index is 1.73. The van der Waals surface area contributed by atoms with Crippen molar-refractivity contribution in [2.75, 3.05) is 11.4 Å². The molecule has 3 aromatic rings. The molecule has 0 saturated carbocycles. The molecule has 152 valence electrons. The van der Waals surface area contributed by atoms with Crippen LogP contribution in [-0.2, 0) is 0 Å². The van der Waals surface area contributed by atoms with Crippen LogP contribution in [0.15, 0.2) is 42.6 Å². The fraction of sp³-hybridized carbons (Fsp3) is 0.300. The summed E-state index contributed by atoms with van der Waals surface area (Å²) >= 11 is 0. The van der Waals surface area contributed by atoms with E-state index >= 15 is 0 Å². The molecular weight excluding hydrogens is 380 g/mol. The number of fused-ring (bicyclic) bond motifs is 1. The molecule has 0 aliphatic carbocycles. The largest absolute Gasteiger partial charge is 0.404 e. The van der Waals surface area contributed by atoms with Crippen molar-refractivity contribution in [3.05, 3.63) is 48.3 Å². The number of nitrogens with two attached hydrogens (primary N) is 2. The van der Waals surface area contributed by atoms with Crippen LogP contribution in [0.3, 0.4) is 0 Å². The highest BCUT2D eigenvalue weighted by molar-refractivity contribution is 5.75.